The lowest BCUT2D eigenvalue weighted by Crippen LogP contribution is -2.31. The third kappa shape index (κ3) is 4.56. The van der Waals surface area contributed by atoms with Crippen molar-refractivity contribution in [1.29, 1.82) is 0 Å². The molecule has 0 fully saturated rings. The lowest BCUT2D eigenvalue weighted by Gasteiger charge is -2.10. The Morgan fingerprint density at radius 3 is 2.88 bits per heavy atom. The van der Waals surface area contributed by atoms with E-state index in [9.17, 15) is 9.18 Å². The van der Waals surface area contributed by atoms with E-state index in [2.05, 4.69) is 28.2 Å². The predicted molar refractivity (Wildman–Crippen MR) is 70.6 cm³/mol. The average Bonchev–Trinajstić information content (AvgIpc) is 2.32. The van der Waals surface area contributed by atoms with Crippen LogP contribution in [0.15, 0.2) is 22.7 Å². The number of hydrogen-bond donors (Lipinski definition) is 1. The van der Waals surface area contributed by atoms with Gasteiger partial charge in [-0.05, 0) is 40.9 Å². The molecule has 0 heterocycles. The second-order valence-electron chi connectivity index (χ2n) is 4.12. The van der Waals surface area contributed by atoms with E-state index in [1.165, 1.54) is 6.07 Å². The Morgan fingerprint density at radius 2 is 2.24 bits per heavy atom. The first-order chi connectivity index (χ1) is 8.04. The zero-order valence-electron chi connectivity index (χ0n) is 10.1. The zero-order chi connectivity index (χ0) is 12.8. The molecule has 0 amide bonds. The topological polar surface area (TPSA) is 29.1 Å². The van der Waals surface area contributed by atoms with Crippen LogP contribution in [0.5, 0.6) is 0 Å². The van der Waals surface area contributed by atoms with Gasteiger partial charge < -0.3 is 5.32 Å². The van der Waals surface area contributed by atoms with E-state index in [0.717, 1.165) is 6.42 Å². The Kier molecular flexibility index (Phi) is 5.78. The van der Waals surface area contributed by atoms with Crippen molar-refractivity contribution in [3.05, 3.63) is 34.1 Å². The highest BCUT2D eigenvalue weighted by Crippen LogP contribution is 2.20. The largest absolute Gasteiger partial charge is 0.307 e. The van der Waals surface area contributed by atoms with Gasteiger partial charge in [0.25, 0.3) is 0 Å². The number of carbonyl (C=O) groups is 1. The number of benzene rings is 1. The van der Waals surface area contributed by atoms with Crippen molar-refractivity contribution in [2.45, 2.75) is 32.7 Å². The minimum absolute atomic E-state index is 0.0663. The Labute approximate surface area is 110 Å². The minimum atomic E-state index is -0.329. The molecule has 0 spiro atoms. The van der Waals surface area contributed by atoms with Gasteiger partial charge in [-0.25, -0.2) is 4.39 Å². The SMILES string of the molecule is CCC(C)NCC(=O)Cc1cccc(F)c1Br. The van der Waals surface area contributed by atoms with Crippen LogP contribution >= 0.6 is 15.9 Å². The van der Waals surface area contributed by atoms with Gasteiger partial charge in [-0.3, -0.25) is 4.79 Å². The molecule has 0 bridgehead atoms. The lowest BCUT2D eigenvalue weighted by molar-refractivity contribution is -0.117. The van der Waals surface area contributed by atoms with E-state index in [0.29, 0.717) is 22.6 Å². The van der Waals surface area contributed by atoms with Crippen molar-refractivity contribution in [1.82, 2.24) is 5.32 Å². The van der Waals surface area contributed by atoms with Gasteiger partial charge in [0.1, 0.15) is 5.82 Å². The van der Waals surface area contributed by atoms with Crippen LogP contribution in [0, 0.1) is 5.82 Å². The van der Waals surface area contributed by atoms with Gasteiger partial charge in [-0.2, -0.15) is 0 Å². The predicted octanol–water partition coefficient (Wildman–Crippen LogP) is 3.09. The normalized spacial score (nSPS) is 12.5. The van der Waals surface area contributed by atoms with Crippen LogP contribution in [0.25, 0.3) is 0 Å². The summed E-state index contributed by atoms with van der Waals surface area (Å²) in [4.78, 5) is 11.7. The van der Waals surface area contributed by atoms with E-state index < -0.39 is 0 Å². The van der Waals surface area contributed by atoms with Gasteiger partial charge in [0.05, 0.1) is 11.0 Å². The second kappa shape index (κ2) is 6.87. The minimum Gasteiger partial charge on any atom is -0.307 e. The molecule has 0 aliphatic carbocycles. The summed E-state index contributed by atoms with van der Waals surface area (Å²) in [6.45, 7) is 4.43. The molecule has 0 saturated carbocycles. The molecule has 94 valence electrons. The first kappa shape index (κ1) is 14.3. The van der Waals surface area contributed by atoms with Crippen molar-refractivity contribution in [2.75, 3.05) is 6.54 Å². The molecular formula is C13H17BrFNO. The summed E-state index contributed by atoms with van der Waals surface area (Å²) in [6.07, 6.45) is 1.23. The quantitative estimate of drug-likeness (QED) is 0.875. The molecule has 0 aliphatic rings. The van der Waals surface area contributed by atoms with E-state index in [-0.39, 0.29) is 18.0 Å². The monoisotopic (exact) mass is 301 g/mol. The fourth-order valence-electron chi connectivity index (χ4n) is 1.39. The first-order valence-corrected chi connectivity index (χ1v) is 6.51. The third-order valence-corrected chi connectivity index (χ3v) is 3.57. The molecule has 17 heavy (non-hydrogen) atoms. The summed E-state index contributed by atoms with van der Waals surface area (Å²) in [5.74, 6) is -0.262. The molecule has 1 aromatic rings. The smallest absolute Gasteiger partial charge is 0.151 e. The van der Waals surface area contributed by atoms with E-state index >= 15 is 0 Å². The van der Waals surface area contributed by atoms with Gasteiger partial charge in [0, 0.05) is 12.5 Å². The van der Waals surface area contributed by atoms with Crippen LogP contribution in [0.1, 0.15) is 25.8 Å². The van der Waals surface area contributed by atoms with Crippen molar-refractivity contribution in [3.63, 3.8) is 0 Å². The average molecular weight is 302 g/mol. The Balaban J connectivity index is 2.54. The maximum atomic E-state index is 13.2. The van der Waals surface area contributed by atoms with Gasteiger partial charge >= 0.3 is 0 Å². The Bertz CT molecular complexity index is 395. The van der Waals surface area contributed by atoms with Gasteiger partial charge in [0.15, 0.2) is 5.78 Å². The molecule has 0 aromatic heterocycles. The van der Waals surface area contributed by atoms with Gasteiger partial charge in [0.2, 0.25) is 0 Å². The number of Topliss-reactive ketones (excluding diaryl/α,β-unsaturated/α-hetero) is 1. The molecule has 1 unspecified atom stereocenters. The van der Waals surface area contributed by atoms with Crippen molar-refractivity contribution < 1.29 is 9.18 Å². The van der Waals surface area contributed by atoms with Crippen molar-refractivity contribution in [2.24, 2.45) is 0 Å². The lowest BCUT2D eigenvalue weighted by atomic mass is 10.1. The maximum absolute atomic E-state index is 13.2. The van der Waals surface area contributed by atoms with Crippen LogP contribution in [-0.4, -0.2) is 18.4 Å². The Hall–Kier alpha value is -0.740. The summed E-state index contributed by atoms with van der Waals surface area (Å²) >= 11 is 3.15. The number of rotatable bonds is 6. The molecule has 1 aromatic carbocycles. The molecule has 1 atom stereocenters. The maximum Gasteiger partial charge on any atom is 0.151 e. The highest BCUT2D eigenvalue weighted by molar-refractivity contribution is 9.10. The molecule has 4 heteroatoms. The number of ketones is 1. The number of halogens is 2. The van der Waals surface area contributed by atoms with Gasteiger partial charge in [-0.1, -0.05) is 19.1 Å². The fourth-order valence-corrected chi connectivity index (χ4v) is 1.80. The molecule has 1 N–H and O–H groups in total. The summed E-state index contributed by atoms with van der Waals surface area (Å²) in [5.41, 5.74) is 0.695. The highest BCUT2D eigenvalue weighted by Gasteiger charge is 2.10. The molecule has 0 radical (unpaired) electrons. The summed E-state index contributed by atoms with van der Waals surface area (Å²) in [6, 6.07) is 5.07. The van der Waals surface area contributed by atoms with E-state index in [4.69, 9.17) is 0 Å². The second-order valence-corrected chi connectivity index (χ2v) is 4.91. The molecular weight excluding hydrogens is 285 g/mol. The van der Waals surface area contributed by atoms with Crippen molar-refractivity contribution in [3.8, 4) is 0 Å². The van der Waals surface area contributed by atoms with Crippen LogP contribution in [0.2, 0.25) is 0 Å². The van der Waals surface area contributed by atoms with Crippen LogP contribution in [0.3, 0.4) is 0 Å². The van der Waals surface area contributed by atoms with Crippen molar-refractivity contribution >= 4 is 21.7 Å². The molecule has 0 aliphatic heterocycles. The standard InChI is InChI=1S/C13H17BrFNO/c1-3-9(2)16-8-11(17)7-10-5-4-6-12(15)13(10)14/h4-6,9,16H,3,7-8H2,1-2H3. The summed E-state index contributed by atoms with van der Waals surface area (Å²) in [7, 11) is 0. The first-order valence-electron chi connectivity index (χ1n) is 5.72. The van der Waals surface area contributed by atoms with Gasteiger partial charge in [-0.15, -0.1) is 0 Å². The zero-order valence-corrected chi connectivity index (χ0v) is 11.7. The molecule has 0 saturated heterocycles. The van der Waals surface area contributed by atoms with Crippen LogP contribution in [-0.2, 0) is 11.2 Å². The number of carbonyl (C=O) groups excluding carboxylic acids is 1. The molecule has 2 nitrogen and oxygen atoms in total. The summed E-state index contributed by atoms with van der Waals surface area (Å²) in [5, 5.41) is 3.13. The number of nitrogens with one attached hydrogen (secondary N) is 1. The summed E-state index contributed by atoms with van der Waals surface area (Å²) < 4.78 is 13.6. The van der Waals surface area contributed by atoms with E-state index in [1.807, 2.05) is 6.92 Å². The van der Waals surface area contributed by atoms with Crippen LogP contribution in [0.4, 0.5) is 4.39 Å². The Morgan fingerprint density at radius 1 is 1.53 bits per heavy atom. The third-order valence-electron chi connectivity index (χ3n) is 2.68. The highest BCUT2D eigenvalue weighted by atomic mass is 79.9. The van der Waals surface area contributed by atoms with E-state index in [1.54, 1.807) is 12.1 Å². The fraction of sp³-hybridized carbons (Fsp3) is 0.462. The number of hydrogen-bond acceptors (Lipinski definition) is 2. The molecule has 1 rings (SSSR count). The van der Waals surface area contributed by atoms with Crippen LogP contribution < -0.4 is 5.32 Å².